The molecule has 2 rings (SSSR count). The highest BCUT2D eigenvalue weighted by atomic mass is 16.5. The van der Waals surface area contributed by atoms with Gasteiger partial charge in [0.05, 0.1) is 23.9 Å². The molecular weight excluding hydrogens is 204 g/mol. The molecule has 0 unspecified atom stereocenters. The van der Waals surface area contributed by atoms with E-state index in [4.69, 9.17) is 4.74 Å². The fraction of sp³-hybridized carbons (Fsp3) is 0.333. The molecule has 1 heterocycles. The summed E-state index contributed by atoms with van der Waals surface area (Å²) in [6.45, 7) is 4.32. The lowest BCUT2D eigenvalue weighted by Crippen LogP contribution is -2.07. The smallest absolute Gasteiger partial charge is 0.338 e. The van der Waals surface area contributed by atoms with Gasteiger partial charge in [0.2, 0.25) is 0 Å². The van der Waals surface area contributed by atoms with Crippen molar-refractivity contribution in [3.8, 4) is 0 Å². The van der Waals surface area contributed by atoms with Crippen molar-refractivity contribution in [2.24, 2.45) is 0 Å². The van der Waals surface area contributed by atoms with Gasteiger partial charge < -0.3 is 4.74 Å². The second-order valence-corrected chi connectivity index (χ2v) is 3.76. The van der Waals surface area contributed by atoms with Crippen molar-refractivity contribution in [2.45, 2.75) is 20.3 Å². The summed E-state index contributed by atoms with van der Waals surface area (Å²) < 4.78 is 5.11. The molecule has 84 valence electrons. The lowest BCUT2D eigenvalue weighted by Gasteiger charge is -2.06. The van der Waals surface area contributed by atoms with E-state index in [2.05, 4.69) is 10.2 Å². The number of esters is 1. The molecule has 1 aromatic carbocycles. The van der Waals surface area contributed by atoms with Crippen molar-refractivity contribution in [2.75, 3.05) is 6.61 Å². The van der Waals surface area contributed by atoms with E-state index < -0.39 is 0 Å². The topological polar surface area (TPSA) is 55.0 Å². The largest absolute Gasteiger partial charge is 0.462 e. The van der Waals surface area contributed by atoms with E-state index >= 15 is 0 Å². The molecule has 2 aromatic rings. The van der Waals surface area contributed by atoms with Crippen LogP contribution < -0.4 is 0 Å². The number of carbonyl (C=O) groups is 1. The summed E-state index contributed by atoms with van der Waals surface area (Å²) in [4.78, 5) is 11.7. The van der Waals surface area contributed by atoms with Crippen molar-refractivity contribution in [1.82, 2.24) is 10.2 Å². The van der Waals surface area contributed by atoms with E-state index in [0.717, 1.165) is 22.9 Å². The summed E-state index contributed by atoms with van der Waals surface area (Å²) in [5.74, 6) is -0.262. The molecule has 0 spiro atoms. The summed E-state index contributed by atoms with van der Waals surface area (Å²) in [5.41, 5.74) is 2.45. The Hall–Kier alpha value is -1.84. The van der Waals surface area contributed by atoms with E-state index in [1.165, 1.54) is 0 Å². The average molecular weight is 218 g/mol. The van der Waals surface area contributed by atoms with E-state index in [1.54, 1.807) is 6.20 Å². The molecule has 1 aromatic heterocycles. The average Bonchev–Trinajstić information content (AvgIpc) is 2.71. The quantitative estimate of drug-likeness (QED) is 0.805. The van der Waals surface area contributed by atoms with Crippen LogP contribution in [0.3, 0.4) is 0 Å². The van der Waals surface area contributed by atoms with Crippen LogP contribution in [0.15, 0.2) is 18.3 Å². The van der Waals surface area contributed by atoms with Crippen LogP contribution in [0.25, 0.3) is 10.9 Å². The minimum atomic E-state index is -0.262. The van der Waals surface area contributed by atoms with E-state index in [0.29, 0.717) is 12.2 Å². The number of nitrogens with zero attached hydrogens (tertiary/aromatic N) is 1. The predicted molar refractivity (Wildman–Crippen MR) is 61.4 cm³/mol. The molecule has 0 aliphatic heterocycles. The molecule has 0 saturated carbocycles. The Bertz CT molecular complexity index is 517. The zero-order chi connectivity index (χ0) is 11.5. The highest BCUT2D eigenvalue weighted by Gasteiger charge is 2.11. The first kappa shape index (κ1) is 10.7. The number of nitrogens with one attached hydrogen (secondary N) is 1. The third-order valence-electron chi connectivity index (χ3n) is 2.44. The number of hydrogen-bond acceptors (Lipinski definition) is 3. The van der Waals surface area contributed by atoms with Gasteiger partial charge in [-0.05, 0) is 31.0 Å². The van der Waals surface area contributed by atoms with Crippen LogP contribution in [0, 0.1) is 6.92 Å². The Morgan fingerprint density at radius 3 is 3.06 bits per heavy atom. The number of H-pyrrole nitrogens is 1. The van der Waals surface area contributed by atoms with Gasteiger partial charge in [-0.25, -0.2) is 4.79 Å². The fourth-order valence-electron chi connectivity index (χ4n) is 1.59. The maximum atomic E-state index is 11.7. The normalized spacial score (nSPS) is 10.6. The molecule has 0 atom stereocenters. The summed E-state index contributed by atoms with van der Waals surface area (Å²) in [5, 5.41) is 7.72. The van der Waals surface area contributed by atoms with Crippen molar-refractivity contribution in [3.05, 3.63) is 29.5 Å². The van der Waals surface area contributed by atoms with E-state index in [-0.39, 0.29) is 5.97 Å². The highest BCUT2D eigenvalue weighted by Crippen LogP contribution is 2.18. The van der Waals surface area contributed by atoms with Gasteiger partial charge in [0.15, 0.2) is 0 Å². The minimum Gasteiger partial charge on any atom is -0.462 e. The fourth-order valence-corrected chi connectivity index (χ4v) is 1.59. The van der Waals surface area contributed by atoms with Crippen LogP contribution in [0.1, 0.15) is 29.3 Å². The first-order valence-corrected chi connectivity index (χ1v) is 5.33. The minimum absolute atomic E-state index is 0.262. The van der Waals surface area contributed by atoms with Gasteiger partial charge in [-0.15, -0.1) is 0 Å². The number of aromatic amines is 1. The molecule has 0 radical (unpaired) electrons. The second-order valence-electron chi connectivity index (χ2n) is 3.76. The van der Waals surface area contributed by atoms with Crippen LogP contribution in [0.4, 0.5) is 0 Å². The molecule has 4 heteroatoms. The highest BCUT2D eigenvalue weighted by molar-refractivity contribution is 5.96. The molecule has 0 aliphatic carbocycles. The van der Waals surface area contributed by atoms with Crippen molar-refractivity contribution in [3.63, 3.8) is 0 Å². The summed E-state index contributed by atoms with van der Waals surface area (Å²) in [6.07, 6.45) is 2.53. The van der Waals surface area contributed by atoms with Gasteiger partial charge >= 0.3 is 5.97 Å². The third kappa shape index (κ3) is 1.91. The van der Waals surface area contributed by atoms with Gasteiger partial charge in [-0.1, -0.05) is 6.92 Å². The summed E-state index contributed by atoms with van der Waals surface area (Å²) in [6, 6.07) is 3.72. The number of carbonyl (C=O) groups excluding carboxylic acids is 1. The van der Waals surface area contributed by atoms with E-state index in [1.807, 2.05) is 26.0 Å². The maximum absolute atomic E-state index is 11.7. The second kappa shape index (κ2) is 4.35. The van der Waals surface area contributed by atoms with Gasteiger partial charge in [0.25, 0.3) is 0 Å². The monoisotopic (exact) mass is 218 g/mol. The molecular formula is C12H14N2O2. The molecule has 1 N–H and O–H groups in total. The predicted octanol–water partition coefficient (Wildman–Crippen LogP) is 2.44. The summed E-state index contributed by atoms with van der Waals surface area (Å²) in [7, 11) is 0. The van der Waals surface area contributed by atoms with E-state index in [9.17, 15) is 4.79 Å². The third-order valence-corrected chi connectivity index (χ3v) is 2.44. The van der Waals surface area contributed by atoms with Crippen LogP contribution in [0.5, 0.6) is 0 Å². The van der Waals surface area contributed by atoms with Crippen molar-refractivity contribution in [1.29, 1.82) is 0 Å². The Balaban J connectivity index is 2.35. The zero-order valence-corrected chi connectivity index (χ0v) is 9.41. The molecule has 0 saturated heterocycles. The summed E-state index contributed by atoms with van der Waals surface area (Å²) >= 11 is 0. The van der Waals surface area contributed by atoms with Gasteiger partial charge in [0, 0.05) is 5.39 Å². The lowest BCUT2D eigenvalue weighted by atomic mass is 10.1. The Labute approximate surface area is 93.6 Å². The number of ether oxygens (including phenoxy) is 1. The van der Waals surface area contributed by atoms with Gasteiger partial charge in [-0.2, -0.15) is 5.10 Å². The number of benzene rings is 1. The Morgan fingerprint density at radius 2 is 2.31 bits per heavy atom. The zero-order valence-electron chi connectivity index (χ0n) is 9.41. The van der Waals surface area contributed by atoms with Crippen LogP contribution in [0.2, 0.25) is 0 Å². The SMILES string of the molecule is CCCOC(=O)c1cc2cn[nH]c2cc1C. The molecule has 0 bridgehead atoms. The first-order chi connectivity index (χ1) is 7.72. The van der Waals surface area contributed by atoms with Gasteiger partial charge in [0.1, 0.15) is 0 Å². The molecule has 4 nitrogen and oxygen atoms in total. The number of aryl methyl sites for hydroxylation is 1. The lowest BCUT2D eigenvalue weighted by molar-refractivity contribution is 0.0504. The van der Waals surface area contributed by atoms with Gasteiger partial charge in [-0.3, -0.25) is 5.10 Å². The van der Waals surface area contributed by atoms with Crippen LogP contribution in [-0.4, -0.2) is 22.8 Å². The standard InChI is InChI=1S/C12H14N2O2/c1-3-4-16-12(15)10-6-9-7-13-14-11(9)5-8(10)2/h5-7H,3-4H2,1-2H3,(H,13,14). The first-order valence-electron chi connectivity index (χ1n) is 5.33. The Morgan fingerprint density at radius 1 is 1.50 bits per heavy atom. The van der Waals surface area contributed by atoms with Crippen LogP contribution in [-0.2, 0) is 4.74 Å². The van der Waals surface area contributed by atoms with Crippen molar-refractivity contribution >= 4 is 16.9 Å². The molecule has 0 aliphatic rings. The maximum Gasteiger partial charge on any atom is 0.338 e. The number of rotatable bonds is 3. The Kier molecular flexibility index (Phi) is 2.90. The number of fused-ring (bicyclic) bond motifs is 1. The molecule has 0 amide bonds. The van der Waals surface area contributed by atoms with Crippen LogP contribution >= 0.6 is 0 Å². The molecule has 16 heavy (non-hydrogen) atoms. The molecule has 0 fully saturated rings. The number of aromatic nitrogens is 2. The number of hydrogen-bond donors (Lipinski definition) is 1. The van der Waals surface area contributed by atoms with Crippen molar-refractivity contribution < 1.29 is 9.53 Å².